The molecule has 0 aliphatic carbocycles. The first-order valence-corrected chi connectivity index (χ1v) is 9.38. The van der Waals surface area contributed by atoms with Crippen molar-refractivity contribution >= 4 is 17.7 Å². The van der Waals surface area contributed by atoms with Gasteiger partial charge >= 0.3 is 0 Å². The Morgan fingerprint density at radius 1 is 1.32 bits per heavy atom. The summed E-state index contributed by atoms with van der Waals surface area (Å²) in [5, 5.41) is 11.4. The zero-order chi connectivity index (χ0) is 18.2. The lowest BCUT2D eigenvalue weighted by molar-refractivity contribution is -0.119. The number of hydrogen-bond donors (Lipinski definition) is 2. The number of aromatic nitrogens is 3. The van der Waals surface area contributed by atoms with E-state index in [1.807, 2.05) is 6.92 Å². The fourth-order valence-electron chi connectivity index (χ4n) is 2.39. The number of amides is 1. The lowest BCUT2D eigenvalue weighted by atomic mass is 10.1. The van der Waals surface area contributed by atoms with Crippen LogP contribution in [-0.2, 0) is 4.79 Å². The van der Waals surface area contributed by atoms with Gasteiger partial charge in [0.25, 0.3) is 0 Å². The Morgan fingerprint density at radius 2 is 2.04 bits per heavy atom. The average molecular weight is 365 g/mol. The van der Waals surface area contributed by atoms with E-state index in [1.54, 1.807) is 12.1 Å². The maximum absolute atomic E-state index is 13.0. The Kier molecular flexibility index (Phi) is 7.24. The van der Waals surface area contributed by atoms with Crippen LogP contribution in [0.15, 0.2) is 29.4 Å². The Bertz CT molecular complexity index is 689. The normalized spacial score (nSPS) is 12.1. The number of carbonyl (C=O) groups excluding carboxylic acids is 1. The van der Waals surface area contributed by atoms with Crippen LogP contribution in [0, 0.1) is 5.82 Å². The van der Waals surface area contributed by atoms with E-state index >= 15 is 0 Å². The zero-order valence-electron chi connectivity index (χ0n) is 14.5. The highest BCUT2D eigenvalue weighted by atomic mass is 32.2. The van der Waals surface area contributed by atoms with Crippen molar-refractivity contribution in [3.05, 3.63) is 30.1 Å². The maximum atomic E-state index is 13.0. The third kappa shape index (κ3) is 5.74. The highest BCUT2D eigenvalue weighted by Crippen LogP contribution is 2.21. The van der Waals surface area contributed by atoms with Crippen molar-refractivity contribution in [1.29, 1.82) is 0 Å². The van der Waals surface area contributed by atoms with Gasteiger partial charge in [0.2, 0.25) is 11.1 Å². The van der Waals surface area contributed by atoms with Crippen molar-refractivity contribution in [1.82, 2.24) is 20.2 Å². The van der Waals surface area contributed by atoms with Crippen LogP contribution in [0.3, 0.4) is 0 Å². The first-order valence-electron chi connectivity index (χ1n) is 8.39. The monoisotopic (exact) mass is 365 g/mol. The number of nitrogens with two attached hydrogens (primary N) is 1. The predicted molar refractivity (Wildman–Crippen MR) is 98.0 cm³/mol. The SMILES string of the molecule is CCCCC[C@H](C)NC(=O)CSc1nnc(-c2ccc(F)cc2)n1N. The summed E-state index contributed by atoms with van der Waals surface area (Å²) in [6.07, 6.45) is 4.44. The van der Waals surface area contributed by atoms with Gasteiger partial charge in [-0.1, -0.05) is 37.9 Å². The molecule has 136 valence electrons. The Balaban J connectivity index is 1.87. The molecule has 1 aromatic heterocycles. The van der Waals surface area contributed by atoms with E-state index in [1.165, 1.54) is 41.4 Å². The van der Waals surface area contributed by atoms with E-state index in [2.05, 4.69) is 22.4 Å². The van der Waals surface area contributed by atoms with Gasteiger partial charge in [-0.3, -0.25) is 4.79 Å². The van der Waals surface area contributed by atoms with Gasteiger partial charge in [0.15, 0.2) is 5.82 Å². The minimum absolute atomic E-state index is 0.0552. The van der Waals surface area contributed by atoms with Crippen molar-refractivity contribution in [2.75, 3.05) is 11.6 Å². The van der Waals surface area contributed by atoms with Crippen molar-refractivity contribution in [3.63, 3.8) is 0 Å². The fourth-order valence-corrected chi connectivity index (χ4v) is 3.06. The van der Waals surface area contributed by atoms with Crippen LogP contribution in [0.4, 0.5) is 4.39 Å². The molecule has 0 radical (unpaired) electrons. The van der Waals surface area contributed by atoms with E-state index in [4.69, 9.17) is 5.84 Å². The van der Waals surface area contributed by atoms with E-state index in [9.17, 15) is 9.18 Å². The first kappa shape index (κ1) is 19.2. The van der Waals surface area contributed by atoms with Gasteiger partial charge in [0, 0.05) is 11.6 Å². The highest BCUT2D eigenvalue weighted by molar-refractivity contribution is 7.99. The number of halogens is 1. The van der Waals surface area contributed by atoms with Crippen LogP contribution >= 0.6 is 11.8 Å². The molecule has 0 saturated carbocycles. The van der Waals surface area contributed by atoms with Gasteiger partial charge in [-0.15, -0.1) is 10.2 Å². The largest absolute Gasteiger partial charge is 0.353 e. The molecule has 0 unspecified atom stereocenters. The van der Waals surface area contributed by atoms with Crippen LogP contribution in [0.1, 0.15) is 39.5 Å². The average Bonchev–Trinajstić information content (AvgIpc) is 2.95. The van der Waals surface area contributed by atoms with Crippen LogP contribution < -0.4 is 11.2 Å². The Hall–Kier alpha value is -2.09. The van der Waals surface area contributed by atoms with Crippen LogP contribution in [-0.4, -0.2) is 32.6 Å². The van der Waals surface area contributed by atoms with E-state index in [0.29, 0.717) is 16.5 Å². The number of nitrogens with zero attached hydrogens (tertiary/aromatic N) is 3. The molecule has 2 rings (SSSR count). The number of rotatable bonds is 9. The molecular weight excluding hydrogens is 341 g/mol. The van der Waals surface area contributed by atoms with Crippen molar-refractivity contribution < 1.29 is 9.18 Å². The quantitative estimate of drug-likeness (QED) is 0.405. The predicted octanol–water partition coefficient (Wildman–Crippen LogP) is 2.98. The number of hydrogen-bond acceptors (Lipinski definition) is 5. The molecule has 1 heterocycles. The molecule has 1 amide bonds. The number of carbonyl (C=O) groups is 1. The molecule has 0 aliphatic rings. The standard InChI is InChI=1S/C17H24FN5OS/c1-3-4-5-6-12(2)20-15(24)11-25-17-22-21-16(23(17)19)13-7-9-14(18)10-8-13/h7-10,12H,3-6,11,19H2,1-2H3,(H,20,24)/t12-/m0/s1. The minimum atomic E-state index is -0.328. The number of benzene rings is 1. The molecule has 0 spiro atoms. The molecule has 0 fully saturated rings. The molecule has 0 aliphatic heterocycles. The minimum Gasteiger partial charge on any atom is -0.353 e. The lowest BCUT2D eigenvalue weighted by Crippen LogP contribution is -2.33. The summed E-state index contributed by atoms with van der Waals surface area (Å²) in [6, 6.07) is 6.00. The third-order valence-electron chi connectivity index (χ3n) is 3.75. The van der Waals surface area contributed by atoms with Crippen LogP contribution in [0.25, 0.3) is 11.4 Å². The van der Waals surface area contributed by atoms with Gasteiger partial charge in [0.05, 0.1) is 5.75 Å². The summed E-state index contributed by atoms with van der Waals surface area (Å²) in [5.41, 5.74) is 0.664. The second kappa shape index (κ2) is 9.41. The van der Waals surface area contributed by atoms with Crippen molar-refractivity contribution in [2.45, 2.75) is 50.7 Å². The highest BCUT2D eigenvalue weighted by Gasteiger charge is 2.14. The molecule has 1 atom stereocenters. The summed E-state index contributed by atoms with van der Waals surface area (Å²) in [4.78, 5) is 12.0. The molecule has 8 heteroatoms. The van der Waals surface area contributed by atoms with Gasteiger partial charge in [-0.2, -0.15) is 0 Å². The molecule has 0 saturated heterocycles. The molecular formula is C17H24FN5OS. The fraction of sp³-hybridized carbons (Fsp3) is 0.471. The second-order valence-electron chi connectivity index (χ2n) is 5.94. The van der Waals surface area contributed by atoms with Crippen LogP contribution in [0.5, 0.6) is 0 Å². The third-order valence-corrected chi connectivity index (χ3v) is 4.69. The van der Waals surface area contributed by atoms with Gasteiger partial charge in [-0.05, 0) is 37.6 Å². The summed E-state index contributed by atoms with van der Waals surface area (Å²) in [6.45, 7) is 4.17. The maximum Gasteiger partial charge on any atom is 0.230 e. The second-order valence-corrected chi connectivity index (χ2v) is 6.88. The molecule has 1 aromatic carbocycles. The van der Waals surface area contributed by atoms with Crippen molar-refractivity contribution in [2.24, 2.45) is 0 Å². The summed E-state index contributed by atoms with van der Waals surface area (Å²) in [5.74, 6) is 6.25. The number of unbranched alkanes of at least 4 members (excludes halogenated alkanes) is 2. The smallest absolute Gasteiger partial charge is 0.230 e. The summed E-state index contributed by atoms with van der Waals surface area (Å²) >= 11 is 1.22. The molecule has 3 N–H and O–H groups in total. The van der Waals surface area contributed by atoms with Gasteiger partial charge in [0.1, 0.15) is 5.82 Å². The Morgan fingerprint density at radius 3 is 2.72 bits per heavy atom. The van der Waals surface area contributed by atoms with Gasteiger partial charge in [-0.25, -0.2) is 9.07 Å². The van der Waals surface area contributed by atoms with Gasteiger partial charge < -0.3 is 11.2 Å². The topological polar surface area (TPSA) is 85.8 Å². The van der Waals surface area contributed by atoms with E-state index in [-0.39, 0.29) is 23.5 Å². The first-order chi connectivity index (χ1) is 12.0. The number of nitrogens with one attached hydrogen (secondary N) is 1. The molecule has 2 aromatic rings. The summed E-state index contributed by atoms with van der Waals surface area (Å²) < 4.78 is 14.3. The van der Waals surface area contributed by atoms with Crippen molar-refractivity contribution in [3.8, 4) is 11.4 Å². The number of thioether (sulfide) groups is 1. The van der Waals surface area contributed by atoms with Crippen LogP contribution in [0.2, 0.25) is 0 Å². The van der Waals surface area contributed by atoms with E-state index in [0.717, 1.165) is 12.8 Å². The Labute approximate surface area is 151 Å². The zero-order valence-corrected chi connectivity index (χ0v) is 15.4. The molecule has 0 bridgehead atoms. The number of nitrogen functional groups attached to an aromatic ring is 1. The molecule has 6 nitrogen and oxygen atoms in total. The molecule has 25 heavy (non-hydrogen) atoms. The summed E-state index contributed by atoms with van der Waals surface area (Å²) in [7, 11) is 0. The van der Waals surface area contributed by atoms with E-state index < -0.39 is 0 Å². The lowest BCUT2D eigenvalue weighted by Gasteiger charge is -2.13.